The molecule has 0 aromatic heterocycles. The predicted molar refractivity (Wildman–Crippen MR) is 76.0 cm³/mol. The normalized spacial score (nSPS) is 11.6. The second-order valence-corrected chi connectivity index (χ2v) is 4.72. The molecule has 21 heavy (non-hydrogen) atoms. The highest BCUT2D eigenvalue weighted by atomic mass is 19.1. The van der Waals surface area contributed by atoms with Crippen molar-refractivity contribution in [2.45, 2.75) is 19.8 Å². The molecule has 0 spiro atoms. The zero-order chi connectivity index (χ0) is 15.8. The Labute approximate surface area is 122 Å². The largest absolute Gasteiger partial charge is 0.494 e. The van der Waals surface area contributed by atoms with E-state index in [2.05, 4.69) is 10.6 Å². The van der Waals surface area contributed by atoms with Crippen LogP contribution < -0.4 is 15.4 Å². The first-order chi connectivity index (χ1) is 9.92. The Bertz CT molecular complexity index is 508. The first kappa shape index (κ1) is 16.7. The number of amides is 2. The summed E-state index contributed by atoms with van der Waals surface area (Å²) < 4.78 is 18.0. The van der Waals surface area contributed by atoms with Crippen molar-refractivity contribution in [3.63, 3.8) is 0 Å². The molecule has 0 saturated carbocycles. The number of halogens is 1. The van der Waals surface area contributed by atoms with Gasteiger partial charge in [-0.15, -0.1) is 0 Å². The van der Waals surface area contributed by atoms with E-state index in [0.717, 1.165) is 0 Å². The molecule has 0 heterocycles. The van der Waals surface area contributed by atoms with Gasteiger partial charge in [0, 0.05) is 24.7 Å². The van der Waals surface area contributed by atoms with E-state index in [9.17, 15) is 14.0 Å². The number of hydrogen-bond donors (Lipinski definition) is 3. The standard InChI is InChI=1S/C14H19FN2O4/c1-9(3-6-13(18)19)8-16-14(20)17-10-4-5-11(15)12(7-10)21-2/h4-5,7,9H,3,6,8H2,1-2H3,(H,18,19)(H2,16,17,20). The molecule has 0 aliphatic carbocycles. The topological polar surface area (TPSA) is 87.7 Å². The Kier molecular flexibility index (Phi) is 6.45. The smallest absolute Gasteiger partial charge is 0.319 e. The Morgan fingerprint density at radius 3 is 2.76 bits per heavy atom. The third-order valence-corrected chi connectivity index (χ3v) is 2.87. The van der Waals surface area contributed by atoms with Crippen LogP contribution in [0.15, 0.2) is 18.2 Å². The van der Waals surface area contributed by atoms with E-state index in [-0.39, 0.29) is 18.1 Å². The summed E-state index contributed by atoms with van der Waals surface area (Å²) in [5, 5.41) is 13.7. The van der Waals surface area contributed by atoms with Crippen LogP contribution in [0.1, 0.15) is 19.8 Å². The van der Waals surface area contributed by atoms with E-state index in [1.54, 1.807) is 0 Å². The van der Waals surface area contributed by atoms with E-state index < -0.39 is 17.8 Å². The summed E-state index contributed by atoms with van der Waals surface area (Å²) in [6.07, 6.45) is 0.555. The molecule has 0 bridgehead atoms. The average Bonchev–Trinajstić information content (AvgIpc) is 2.44. The maximum Gasteiger partial charge on any atom is 0.319 e. The minimum atomic E-state index is -0.857. The van der Waals surface area contributed by atoms with Crippen molar-refractivity contribution < 1.29 is 23.8 Å². The van der Waals surface area contributed by atoms with Gasteiger partial charge in [0.1, 0.15) is 0 Å². The fraction of sp³-hybridized carbons (Fsp3) is 0.429. The summed E-state index contributed by atoms with van der Waals surface area (Å²) in [4.78, 5) is 22.1. The Morgan fingerprint density at radius 2 is 2.14 bits per heavy atom. The average molecular weight is 298 g/mol. The fourth-order valence-corrected chi connectivity index (χ4v) is 1.65. The summed E-state index contributed by atoms with van der Waals surface area (Å²) in [7, 11) is 1.34. The van der Waals surface area contributed by atoms with Crippen LogP contribution in [0.3, 0.4) is 0 Å². The van der Waals surface area contributed by atoms with Gasteiger partial charge in [-0.3, -0.25) is 4.79 Å². The molecule has 1 rings (SSSR count). The zero-order valence-corrected chi connectivity index (χ0v) is 12.0. The number of rotatable bonds is 7. The molecule has 6 nitrogen and oxygen atoms in total. The lowest BCUT2D eigenvalue weighted by Crippen LogP contribution is -2.32. The van der Waals surface area contributed by atoms with Crippen molar-refractivity contribution in [3.8, 4) is 5.75 Å². The summed E-state index contributed by atoms with van der Waals surface area (Å²) >= 11 is 0. The van der Waals surface area contributed by atoms with E-state index in [1.807, 2.05) is 6.92 Å². The molecule has 0 fully saturated rings. The van der Waals surface area contributed by atoms with Gasteiger partial charge in [-0.2, -0.15) is 0 Å². The van der Waals surface area contributed by atoms with E-state index in [4.69, 9.17) is 9.84 Å². The molecule has 7 heteroatoms. The number of benzene rings is 1. The van der Waals surface area contributed by atoms with Gasteiger partial charge < -0.3 is 20.5 Å². The number of hydrogen-bond acceptors (Lipinski definition) is 3. The predicted octanol–water partition coefficient (Wildman–Crippen LogP) is 2.46. The van der Waals surface area contributed by atoms with Gasteiger partial charge in [-0.25, -0.2) is 9.18 Å². The van der Waals surface area contributed by atoms with Crippen LogP contribution in [0.2, 0.25) is 0 Å². The summed E-state index contributed by atoms with van der Waals surface area (Å²) in [6.45, 7) is 2.21. The molecular formula is C14H19FN2O4. The number of carbonyl (C=O) groups excluding carboxylic acids is 1. The number of urea groups is 1. The van der Waals surface area contributed by atoms with Crippen molar-refractivity contribution in [2.24, 2.45) is 5.92 Å². The van der Waals surface area contributed by atoms with Crippen LogP contribution in [0.25, 0.3) is 0 Å². The van der Waals surface area contributed by atoms with E-state index in [0.29, 0.717) is 18.7 Å². The molecule has 1 aromatic carbocycles. The lowest BCUT2D eigenvalue weighted by atomic mass is 10.1. The second kappa shape index (κ2) is 8.08. The van der Waals surface area contributed by atoms with Crippen LogP contribution in [-0.4, -0.2) is 30.8 Å². The third kappa shape index (κ3) is 6.11. The quantitative estimate of drug-likeness (QED) is 0.721. The number of carboxylic acids is 1. The number of ether oxygens (including phenoxy) is 1. The molecule has 2 amide bonds. The monoisotopic (exact) mass is 298 g/mol. The maximum atomic E-state index is 13.2. The molecule has 0 saturated heterocycles. The highest BCUT2D eigenvalue weighted by molar-refractivity contribution is 5.89. The number of carboxylic acid groups (broad SMARTS) is 1. The van der Waals surface area contributed by atoms with Crippen LogP contribution in [0.5, 0.6) is 5.75 Å². The van der Waals surface area contributed by atoms with Crippen LogP contribution in [-0.2, 0) is 4.79 Å². The minimum Gasteiger partial charge on any atom is -0.494 e. The van der Waals surface area contributed by atoms with Crippen LogP contribution in [0.4, 0.5) is 14.9 Å². The highest BCUT2D eigenvalue weighted by Gasteiger charge is 2.09. The molecule has 0 aliphatic rings. The second-order valence-electron chi connectivity index (χ2n) is 4.72. The Morgan fingerprint density at radius 1 is 1.43 bits per heavy atom. The number of carbonyl (C=O) groups is 2. The van der Waals surface area contributed by atoms with Crippen molar-refractivity contribution in [2.75, 3.05) is 19.0 Å². The lowest BCUT2D eigenvalue weighted by molar-refractivity contribution is -0.137. The van der Waals surface area contributed by atoms with Gasteiger partial charge in [0.05, 0.1) is 7.11 Å². The molecule has 0 aliphatic heterocycles. The Hall–Kier alpha value is -2.31. The molecule has 0 radical (unpaired) electrons. The SMILES string of the molecule is COc1cc(NC(=O)NCC(C)CCC(=O)O)ccc1F. The van der Waals surface area contributed by atoms with Crippen molar-refractivity contribution in [1.82, 2.24) is 5.32 Å². The first-order valence-electron chi connectivity index (χ1n) is 6.52. The Balaban J connectivity index is 2.41. The molecule has 1 atom stereocenters. The number of nitrogens with one attached hydrogen (secondary N) is 2. The number of aliphatic carboxylic acids is 1. The lowest BCUT2D eigenvalue weighted by Gasteiger charge is -2.13. The van der Waals surface area contributed by atoms with E-state index in [1.165, 1.54) is 25.3 Å². The maximum absolute atomic E-state index is 13.2. The third-order valence-electron chi connectivity index (χ3n) is 2.87. The molecule has 3 N–H and O–H groups in total. The van der Waals surface area contributed by atoms with Gasteiger partial charge in [-0.05, 0) is 24.5 Å². The van der Waals surface area contributed by atoms with Crippen LogP contribution in [0, 0.1) is 11.7 Å². The van der Waals surface area contributed by atoms with Gasteiger partial charge >= 0.3 is 12.0 Å². The number of methoxy groups -OCH3 is 1. The van der Waals surface area contributed by atoms with E-state index >= 15 is 0 Å². The zero-order valence-electron chi connectivity index (χ0n) is 12.0. The van der Waals surface area contributed by atoms with Gasteiger partial charge in [0.2, 0.25) is 0 Å². The number of anilines is 1. The molecular weight excluding hydrogens is 279 g/mol. The molecule has 116 valence electrons. The highest BCUT2D eigenvalue weighted by Crippen LogP contribution is 2.21. The first-order valence-corrected chi connectivity index (χ1v) is 6.52. The molecule has 1 unspecified atom stereocenters. The van der Waals surface area contributed by atoms with Crippen molar-refractivity contribution in [1.29, 1.82) is 0 Å². The van der Waals surface area contributed by atoms with Gasteiger partial charge in [0.25, 0.3) is 0 Å². The van der Waals surface area contributed by atoms with Gasteiger partial charge in [-0.1, -0.05) is 6.92 Å². The summed E-state index contributed by atoms with van der Waals surface area (Å²) in [6, 6.07) is 3.56. The summed E-state index contributed by atoms with van der Waals surface area (Å²) in [5.41, 5.74) is 0.406. The summed E-state index contributed by atoms with van der Waals surface area (Å²) in [5.74, 6) is -1.27. The van der Waals surface area contributed by atoms with Crippen molar-refractivity contribution >= 4 is 17.7 Å². The molecule has 1 aromatic rings. The van der Waals surface area contributed by atoms with Gasteiger partial charge in [0.15, 0.2) is 11.6 Å². The van der Waals surface area contributed by atoms with Crippen molar-refractivity contribution in [3.05, 3.63) is 24.0 Å². The van der Waals surface area contributed by atoms with Crippen LogP contribution >= 0.6 is 0 Å². The minimum absolute atomic E-state index is 0.0441. The fourth-order valence-electron chi connectivity index (χ4n) is 1.65.